The molecule has 0 fully saturated rings. The van der Waals surface area contributed by atoms with E-state index in [-0.39, 0.29) is 6.54 Å². The summed E-state index contributed by atoms with van der Waals surface area (Å²) < 4.78 is 3.22. The normalized spacial score (nSPS) is 15.0. The summed E-state index contributed by atoms with van der Waals surface area (Å²) in [6.07, 6.45) is 0. The number of aromatic nitrogens is 2. The minimum Gasteiger partial charge on any atom is -0.368 e. The second-order valence-electron chi connectivity index (χ2n) is 3.61. The van der Waals surface area contributed by atoms with Gasteiger partial charge in [0.2, 0.25) is 5.91 Å². The van der Waals surface area contributed by atoms with Crippen LogP contribution in [-0.2, 0) is 11.3 Å². The highest BCUT2D eigenvalue weighted by molar-refractivity contribution is 9.13. The van der Waals surface area contributed by atoms with Crippen LogP contribution in [-0.4, -0.2) is 21.0 Å². The van der Waals surface area contributed by atoms with Gasteiger partial charge in [-0.15, -0.1) is 0 Å². The fourth-order valence-corrected chi connectivity index (χ4v) is 2.03. The molecule has 7 heteroatoms. The van der Waals surface area contributed by atoms with Crippen LogP contribution < -0.4 is 11.5 Å². The van der Waals surface area contributed by atoms with Gasteiger partial charge in [0.1, 0.15) is 20.6 Å². The molecule has 4 N–H and O–H groups in total. The molecule has 5 nitrogen and oxygen atoms in total. The number of imidazole rings is 1. The maximum atomic E-state index is 11.1. The molecule has 1 rings (SSSR count). The Morgan fingerprint density at radius 3 is 2.47 bits per heavy atom. The summed E-state index contributed by atoms with van der Waals surface area (Å²) in [5.74, 6) is 0.213. The van der Waals surface area contributed by atoms with Gasteiger partial charge >= 0.3 is 0 Å². The van der Waals surface area contributed by atoms with E-state index in [1.165, 1.54) is 0 Å². The highest BCUT2D eigenvalue weighted by Crippen LogP contribution is 2.24. The number of rotatable bonds is 3. The molecule has 0 bridgehead atoms. The van der Waals surface area contributed by atoms with E-state index >= 15 is 0 Å². The number of nitrogens with zero attached hydrogens (tertiary/aromatic N) is 2. The summed E-state index contributed by atoms with van der Waals surface area (Å²) in [6.45, 7) is 3.70. The number of amides is 1. The summed E-state index contributed by atoms with van der Waals surface area (Å²) in [7, 11) is 0. The predicted octanol–water partition coefficient (Wildman–Crippen LogP) is 0.919. The number of carbonyl (C=O) groups excluding carboxylic acids is 1. The van der Waals surface area contributed by atoms with E-state index in [4.69, 9.17) is 11.5 Å². The van der Waals surface area contributed by atoms with Gasteiger partial charge in [-0.25, -0.2) is 4.98 Å². The van der Waals surface area contributed by atoms with Gasteiger partial charge < -0.3 is 16.0 Å². The van der Waals surface area contributed by atoms with Crippen LogP contribution in [0.2, 0.25) is 0 Å². The first-order valence-corrected chi connectivity index (χ1v) is 5.81. The molecule has 1 aromatic heterocycles. The van der Waals surface area contributed by atoms with Crippen LogP contribution in [0.15, 0.2) is 9.21 Å². The summed E-state index contributed by atoms with van der Waals surface area (Å²) in [5.41, 5.74) is 9.89. The second kappa shape index (κ2) is 4.23. The van der Waals surface area contributed by atoms with Crippen molar-refractivity contribution in [3.63, 3.8) is 0 Å². The minimum atomic E-state index is -1.09. The Morgan fingerprint density at radius 1 is 1.60 bits per heavy atom. The third kappa shape index (κ3) is 2.59. The topological polar surface area (TPSA) is 86.9 Å². The lowest BCUT2D eigenvalue weighted by Crippen LogP contribution is -2.52. The molecule has 15 heavy (non-hydrogen) atoms. The number of halogens is 2. The second-order valence-corrected chi connectivity index (χ2v) is 5.11. The van der Waals surface area contributed by atoms with Crippen molar-refractivity contribution in [2.75, 3.05) is 0 Å². The highest BCUT2D eigenvalue weighted by atomic mass is 79.9. The van der Waals surface area contributed by atoms with Gasteiger partial charge in [0, 0.05) is 0 Å². The van der Waals surface area contributed by atoms with E-state index in [1.54, 1.807) is 11.5 Å². The van der Waals surface area contributed by atoms with Crippen LogP contribution in [0.5, 0.6) is 0 Å². The van der Waals surface area contributed by atoms with Crippen LogP contribution in [0, 0.1) is 6.92 Å². The van der Waals surface area contributed by atoms with Crippen LogP contribution in [0.1, 0.15) is 12.7 Å². The zero-order valence-electron chi connectivity index (χ0n) is 8.42. The number of carbonyl (C=O) groups is 1. The Kier molecular flexibility index (Phi) is 3.57. The Labute approximate surface area is 104 Å². The van der Waals surface area contributed by atoms with Crippen molar-refractivity contribution in [1.82, 2.24) is 9.55 Å². The zero-order chi connectivity index (χ0) is 11.8. The van der Waals surface area contributed by atoms with E-state index in [1.807, 2.05) is 6.92 Å². The molecule has 0 spiro atoms. The van der Waals surface area contributed by atoms with Crippen molar-refractivity contribution >= 4 is 37.8 Å². The molecule has 0 aliphatic carbocycles. The minimum absolute atomic E-state index is 0.285. The van der Waals surface area contributed by atoms with Gasteiger partial charge in [0.25, 0.3) is 0 Å². The molecule has 0 aliphatic heterocycles. The van der Waals surface area contributed by atoms with E-state index in [0.717, 1.165) is 10.4 Å². The quantitative estimate of drug-likeness (QED) is 0.858. The first-order chi connectivity index (χ1) is 6.75. The molecule has 0 saturated heterocycles. The van der Waals surface area contributed by atoms with Crippen molar-refractivity contribution in [2.24, 2.45) is 11.5 Å². The number of hydrogen-bond acceptors (Lipinski definition) is 3. The Balaban J connectivity index is 3.04. The number of nitrogens with two attached hydrogens (primary N) is 2. The molecule has 0 aliphatic rings. The number of primary amides is 1. The summed E-state index contributed by atoms with van der Waals surface area (Å²) in [6, 6.07) is 0. The van der Waals surface area contributed by atoms with Crippen molar-refractivity contribution in [3.05, 3.63) is 15.0 Å². The van der Waals surface area contributed by atoms with Crippen LogP contribution in [0.3, 0.4) is 0 Å². The Hall–Kier alpha value is -0.400. The lowest BCUT2D eigenvalue weighted by atomic mass is 10.0. The predicted molar refractivity (Wildman–Crippen MR) is 64.2 cm³/mol. The summed E-state index contributed by atoms with van der Waals surface area (Å²) in [4.78, 5) is 15.3. The molecule has 0 radical (unpaired) electrons. The first kappa shape index (κ1) is 12.7. The largest absolute Gasteiger partial charge is 0.368 e. The molecule has 1 amide bonds. The number of aryl methyl sites for hydroxylation is 1. The van der Waals surface area contributed by atoms with Gasteiger partial charge in [0.05, 0.1) is 6.54 Å². The Bertz CT molecular complexity index is 400. The third-order valence-corrected chi connectivity index (χ3v) is 4.00. The molecule has 1 heterocycles. The van der Waals surface area contributed by atoms with Gasteiger partial charge in [0.15, 0.2) is 0 Å². The van der Waals surface area contributed by atoms with Crippen LogP contribution in [0.4, 0.5) is 0 Å². The molecular weight excluding hydrogens is 328 g/mol. The zero-order valence-corrected chi connectivity index (χ0v) is 11.6. The van der Waals surface area contributed by atoms with E-state index in [9.17, 15) is 4.79 Å². The average molecular weight is 340 g/mol. The molecule has 84 valence electrons. The van der Waals surface area contributed by atoms with Gasteiger partial charge in [-0.2, -0.15) is 0 Å². The van der Waals surface area contributed by atoms with E-state index in [0.29, 0.717) is 4.60 Å². The molecule has 1 aromatic rings. The van der Waals surface area contributed by atoms with Gasteiger partial charge in [-0.1, -0.05) is 0 Å². The highest BCUT2D eigenvalue weighted by Gasteiger charge is 2.28. The molecule has 0 saturated carbocycles. The van der Waals surface area contributed by atoms with Crippen molar-refractivity contribution in [1.29, 1.82) is 0 Å². The molecule has 1 unspecified atom stereocenters. The summed E-state index contributed by atoms with van der Waals surface area (Å²) >= 11 is 6.62. The standard InChI is InChI=1S/C8H12Br2N4O/c1-4-13-5(9)6(10)14(4)3-8(2,12)7(11)15/h3,12H2,1-2H3,(H2,11,15). The summed E-state index contributed by atoms with van der Waals surface area (Å²) in [5, 5.41) is 0. The fraction of sp³-hybridized carbons (Fsp3) is 0.500. The van der Waals surface area contributed by atoms with E-state index in [2.05, 4.69) is 36.8 Å². The smallest absolute Gasteiger partial charge is 0.239 e. The van der Waals surface area contributed by atoms with Crippen molar-refractivity contribution < 1.29 is 4.79 Å². The fourth-order valence-electron chi connectivity index (χ4n) is 1.09. The third-order valence-electron chi connectivity index (χ3n) is 2.11. The monoisotopic (exact) mass is 338 g/mol. The van der Waals surface area contributed by atoms with Gasteiger partial charge in [-0.05, 0) is 45.7 Å². The maximum Gasteiger partial charge on any atom is 0.239 e. The number of hydrogen-bond donors (Lipinski definition) is 2. The lowest BCUT2D eigenvalue weighted by Gasteiger charge is -2.22. The molecule has 0 aromatic carbocycles. The molecule has 1 atom stereocenters. The average Bonchev–Trinajstić information content (AvgIpc) is 2.32. The van der Waals surface area contributed by atoms with Crippen molar-refractivity contribution in [2.45, 2.75) is 25.9 Å². The van der Waals surface area contributed by atoms with Gasteiger partial charge in [-0.3, -0.25) is 4.79 Å². The maximum absolute atomic E-state index is 11.1. The lowest BCUT2D eigenvalue weighted by molar-refractivity contribution is -0.123. The Morgan fingerprint density at radius 2 is 2.13 bits per heavy atom. The van der Waals surface area contributed by atoms with Crippen LogP contribution in [0.25, 0.3) is 0 Å². The van der Waals surface area contributed by atoms with Crippen molar-refractivity contribution in [3.8, 4) is 0 Å². The molecular formula is C8H12Br2N4O. The first-order valence-electron chi connectivity index (χ1n) is 4.22. The van der Waals surface area contributed by atoms with E-state index < -0.39 is 11.4 Å². The van der Waals surface area contributed by atoms with Crippen LogP contribution >= 0.6 is 31.9 Å². The SMILES string of the molecule is Cc1nc(Br)c(Br)n1CC(C)(N)C(N)=O.